The molecule has 11 nitrogen and oxygen atoms in total. The highest BCUT2D eigenvalue weighted by atomic mass is 32.3. The van der Waals surface area contributed by atoms with Crippen LogP contribution in [0.5, 0.6) is 0 Å². The number of thioether (sulfide) groups is 1. The van der Waals surface area contributed by atoms with Gasteiger partial charge in [-0.25, -0.2) is 0 Å². The first-order valence-electron chi connectivity index (χ1n) is 7.53. The molecule has 0 aliphatic carbocycles. The van der Waals surface area contributed by atoms with Gasteiger partial charge < -0.3 is 29.7 Å². The van der Waals surface area contributed by atoms with Gasteiger partial charge in [0.25, 0.3) is 10.4 Å². The quantitative estimate of drug-likeness (QED) is 0.0771. The highest BCUT2D eigenvalue weighted by Crippen LogP contribution is 2.30. The maximum Gasteiger partial charge on any atom is 0.284 e. The molecule has 1 aliphatic rings. The number of rotatable bonds is 9. The Bertz CT molecular complexity index is 596. The van der Waals surface area contributed by atoms with Crippen molar-refractivity contribution in [3.05, 3.63) is 0 Å². The minimum Gasteiger partial charge on any atom is -0.714 e. The fraction of sp³-hybridized carbons (Fsp3) is 0.917. The first-order chi connectivity index (χ1) is 12.0. The monoisotopic (exact) mass is 436 g/mol. The first kappa shape index (κ1) is 23.7. The van der Waals surface area contributed by atoms with Crippen molar-refractivity contribution in [2.24, 2.45) is 5.16 Å². The van der Waals surface area contributed by atoms with Crippen LogP contribution in [0, 0.1) is 0 Å². The third kappa shape index (κ3) is 8.14. The number of aliphatic hydroxyl groups excluding tert-OH is 4. The van der Waals surface area contributed by atoms with E-state index in [9.17, 15) is 32.5 Å². The van der Waals surface area contributed by atoms with Crippen LogP contribution in [0.1, 0.15) is 19.3 Å². The van der Waals surface area contributed by atoms with E-state index < -0.39 is 57.7 Å². The Morgan fingerprint density at radius 3 is 2.46 bits per heavy atom. The number of ether oxygens (including phenoxy) is 1. The summed E-state index contributed by atoms with van der Waals surface area (Å²) in [4.78, 5) is 0. The summed E-state index contributed by atoms with van der Waals surface area (Å²) in [7, 11) is -6.09. The summed E-state index contributed by atoms with van der Waals surface area (Å²) in [5, 5.41) is 41.9. The fourth-order valence-corrected chi connectivity index (χ4v) is 4.04. The van der Waals surface area contributed by atoms with Crippen LogP contribution in [0.25, 0.3) is 0 Å². The Hall–Kier alpha value is -0.320. The van der Waals surface area contributed by atoms with Gasteiger partial charge in [0.15, 0.2) is 0 Å². The van der Waals surface area contributed by atoms with Gasteiger partial charge in [-0.3, -0.25) is 8.49 Å². The van der Waals surface area contributed by atoms with Crippen LogP contribution in [-0.2, 0) is 30.2 Å². The second-order valence-corrected chi connectivity index (χ2v) is 9.21. The first-order valence-corrected chi connectivity index (χ1v) is 11.5. The van der Waals surface area contributed by atoms with Crippen molar-refractivity contribution in [2.45, 2.75) is 49.1 Å². The second-order valence-electron chi connectivity index (χ2n) is 5.52. The summed E-state index contributed by atoms with van der Waals surface area (Å²) in [6.07, 6.45) is -3.21. The second kappa shape index (κ2) is 10.9. The Labute approximate surface area is 157 Å². The topological polar surface area (TPSA) is 186 Å². The molecule has 1 saturated heterocycles. The van der Waals surface area contributed by atoms with Gasteiger partial charge in [0, 0.05) is 22.8 Å². The molecule has 0 aromatic carbocycles. The molecule has 1 fully saturated rings. The van der Waals surface area contributed by atoms with E-state index >= 15 is 0 Å². The maximum atomic E-state index is 11.0. The number of aliphatic hydroxyl groups is 4. The third-order valence-corrected chi connectivity index (χ3v) is 5.70. The third-order valence-electron chi connectivity index (χ3n) is 3.40. The normalized spacial score (nSPS) is 31.6. The molecule has 0 saturated carbocycles. The zero-order valence-electron chi connectivity index (χ0n) is 13.8. The molecule has 4 N–H and O–H groups in total. The lowest BCUT2D eigenvalue weighted by molar-refractivity contribution is -0.205. The van der Waals surface area contributed by atoms with E-state index in [1.165, 1.54) is 6.26 Å². The smallest absolute Gasteiger partial charge is 0.284 e. The summed E-state index contributed by atoms with van der Waals surface area (Å²) in [6, 6.07) is 0. The van der Waals surface area contributed by atoms with Crippen LogP contribution in [0.15, 0.2) is 5.16 Å². The number of hydrogen-bond donors (Lipinski definition) is 4. The molecular formula is C12H22NO10S3-. The summed E-state index contributed by atoms with van der Waals surface area (Å²) in [5.41, 5.74) is -1.19. The summed E-state index contributed by atoms with van der Waals surface area (Å²) >= 11 is 0.690. The Kier molecular flexibility index (Phi) is 9.92. The standard InChI is InChI=1S/C12H23NO10S3/c1-25(18)5-3-2-4-8(13-23-26(19,20)21)24-12-11(17)10(16)9(15)7(6-14)22-12/h7,9-12,14-17H,2-6H2,1H3,(H,19,20,21)/p-1. The maximum absolute atomic E-state index is 11.0. The molecule has 6 unspecified atom stereocenters. The van der Waals surface area contributed by atoms with Crippen LogP contribution in [0.4, 0.5) is 0 Å². The van der Waals surface area contributed by atoms with Gasteiger partial charge in [0.05, 0.1) is 6.61 Å². The molecule has 0 spiro atoms. The molecule has 0 amide bonds. The molecule has 6 atom stereocenters. The average Bonchev–Trinajstić information content (AvgIpc) is 2.55. The van der Waals surface area contributed by atoms with Crippen molar-refractivity contribution in [1.29, 1.82) is 0 Å². The van der Waals surface area contributed by atoms with Gasteiger partial charge in [0.1, 0.15) is 34.9 Å². The number of nitrogens with zero attached hydrogens (tertiary/aromatic N) is 1. The van der Waals surface area contributed by atoms with Crippen molar-refractivity contribution < 1.29 is 46.6 Å². The van der Waals surface area contributed by atoms with E-state index in [0.717, 1.165) is 0 Å². The molecule has 1 rings (SSSR count). The zero-order valence-corrected chi connectivity index (χ0v) is 16.3. The molecule has 0 aromatic rings. The van der Waals surface area contributed by atoms with Gasteiger partial charge in [0.2, 0.25) is 0 Å². The molecule has 1 heterocycles. The van der Waals surface area contributed by atoms with Crippen molar-refractivity contribution in [1.82, 2.24) is 0 Å². The largest absolute Gasteiger partial charge is 0.714 e. The van der Waals surface area contributed by atoms with Gasteiger partial charge in [-0.2, -0.15) is 8.42 Å². The Balaban J connectivity index is 2.80. The van der Waals surface area contributed by atoms with E-state index in [2.05, 4.69) is 9.44 Å². The lowest BCUT2D eigenvalue weighted by atomic mass is 10.0. The number of oxime groups is 1. The molecule has 26 heavy (non-hydrogen) atoms. The summed E-state index contributed by atoms with van der Waals surface area (Å²) < 4.78 is 51.9. The van der Waals surface area contributed by atoms with Crippen molar-refractivity contribution >= 4 is 38.0 Å². The molecular weight excluding hydrogens is 414 g/mol. The summed E-state index contributed by atoms with van der Waals surface area (Å²) in [6.45, 7) is -0.623. The fourth-order valence-electron chi connectivity index (χ4n) is 2.09. The van der Waals surface area contributed by atoms with Crippen LogP contribution in [-0.4, -0.2) is 91.1 Å². The van der Waals surface area contributed by atoms with Crippen LogP contribution in [0.3, 0.4) is 0 Å². The Morgan fingerprint density at radius 1 is 1.27 bits per heavy atom. The predicted octanol–water partition coefficient (Wildman–Crippen LogP) is -2.14. The molecule has 0 radical (unpaired) electrons. The van der Waals surface area contributed by atoms with Gasteiger partial charge in [-0.15, -0.1) is 0 Å². The van der Waals surface area contributed by atoms with Gasteiger partial charge in [-0.1, -0.05) is 16.9 Å². The summed E-state index contributed by atoms with van der Waals surface area (Å²) in [5.74, 6) is 0.415. The highest BCUT2D eigenvalue weighted by molar-refractivity contribution is 8.14. The van der Waals surface area contributed by atoms with E-state index in [1.807, 2.05) is 0 Å². The van der Waals surface area contributed by atoms with Crippen molar-refractivity contribution in [2.75, 3.05) is 18.6 Å². The zero-order chi connectivity index (χ0) is 19.9. The minimum atomic E-state index is -5.08. The molecule has 0 bridgehead atoms. The lowest BCUT2D eigenvalue weighted by Crippen LogP contribution is -2.57. The predicted molar refractivity (Wildman–Crippen MR) is 92.4 cm³/mol. The van der Waals surface area contributed by atoms with Crippen LogP contribution in [0.2, 0.25) is 0 Å². The van der Waals surface area contributed by atoms with Crippen molar-refractivity contribution in [3.8, 4) is 0 Å². The SMILES string of the molecule is CS(=O)CCCCC(=NOS(=O)(=O)[O-])SC1OC(CO)C(O)C(O)C1O. The van der Waals surface area contributed by atoms with E-state index in [4.69, 9.17) is 9.84 Å². The average molecular weight is 437 g/mol. The lowest BCUT2D eigenvalue weighted by Gasteiger charge is -2.39. The molecule has 0 aromatic heterocycles. The minimum absolute atomic E-state index is 0.0179. The molecule has 1 aliphatic heterocycles. The molecule has 14 heteroatoms. The van der Waals surface area contributed by atoms with Crippen LogP contribution < -0.4 is 0 Å². The molecule has 154 valence electrons. The van der Waals surface area contributed by atoms with Gasteiger partial charge >= 0.3 is 0 Å². The van der Waals surface area contributed by atoms with Crippen molar-refractivity contribution in [3.63, 3.8) is 0 Å². The van der Waals surface area contributed by atoms with E-state index in [0.29, 0.717) is 30.4 Å². The number of hydrogen-bond acceptors (Lipinski definition) is 12. The van der Waals surface area contributed by atoms with E-state index in [-0.39, 0.29) is 11.5 Å². The number of unbranched alkanes of at least 4 members (excludes halogenated alkanes) is 1. The Morgan fingerprint density at radius 2 is 1.92 bits per heavy atom. The van der Waals surface area contributed by atoms with Crippen LogP contribution >= 0.6 is 11.8 Å². The van der Waals surface area contributed by atoms with E-state index in [1.54, 1.807) is 0 Å². The van der Waals surface area contributed by atoms with Gasteiger partial charge in [-0.05, 0) is 19.3 Å². The highest BCUT2D eigenvalue weighted by Gasteiger charge is 2.44.